The molecule has 3 rings (SSSR count). The third-order valence-corrected chi connectivity index (χ3v) is 6.31. The standard InChI is InChI=1S/C23H21F3N2O5S2/c1-31-16-10-13(11-17(32-2)20(16)33-3)12-18-21(30)28(22(34)35-18)9-8-19(29)27-15-7-5-4-6-14(15)23(24,25)26/h4-7,10-12H,8-9H2,1-3H3,(H,27,29). The fourth-order valence-electron chi connectivity index (χ4n) is 3.29. The molecular formula is C23H21F3N2O5S2. The number of alkyl halides is 3. The van der Waals surface area contributed by atoms with Gasteiger partial charge in [-0.25, -0.2) is 0 Å². The topological polar surface area (TPSA) is 77.1 Å². The van der Waals surface area contributed by atoms with Gasteiger partial charge in [-0.3, -0.25) is 14.5 Å². The highest BCUT2D eigenvalue weighted by Crippen LogP contribution is 2.40. The Labute approximate surface area is 209 Å². The van der Waals surface area contributed by atoms with E-state index in [4.69, 9.17) is 26.4 Å². The molecule has 1 aliphatic heterocycles. The van der Waals surface area contributed by atoms with Gasteiger partial charge in [0.15, 0.2) is 11.5 Å². The summed E-state index contributed by atoms with van der Waals surface area (Å²) in [5, 5.41) is 2.26. The second-order valence-electron chi connectivity index (χ2n) is 7.13. The smallest absolute Gasteiger partial charge is 0.418 e. The lowest BCUT2D eigenvalue weighted by Gasteiger charge is -2.16. The monoisotopic (exact) mass is 526 g/mol. The third kappa shape index (κ3) is 6.06. The Bertz CT molecular complexity index is 1160. The zero-order valence-corrected chi connectivity index (χ0v) is 20.5. The molecule has 0 aromatic heterocycles. The maximum absolute atomic E-state index is 13.1. The van der Waals surface area contributed by atoms with E-state index in [1.54, 1.807) is 18.2 Å². The van der Waals surface area contributed by atoms with E-state index in [0.29, 0.717) is 27.7 Å². The van der Waals surface area contributed by atoms with E-state index < -0.39 is 23.6 Å². The van der Waals surface area contributed by atoms with Crippen LogP contribution in [0.25, 0.3) is 6.08 Å². The molecule has 1 fully saturated rings. The van der Waals surface area contributed by atoms with Crippen LogP contribution in [0.4, 0.5) is 18.9 Å². The van der Waals surface area contributed by atoms with E-state index in [1.165, 1.54) is 44.4 Å². The molecule has 0 bridgehead atoms. The van der Waals surface area contributed by atoms with Crippen LogP contribution in [0.1, 0.15) is 17.5 Å². The molecule has 0 saturated carbocycles. The van der Waals surface area contributed by atoms with Gasteiger partial charge in [0, 0.05) is 13.0 Å². The lowest BCUT2D eigenvalue weighted by Crippen LogP contribution is -2.31. The first-order chi connectivity index (χ1) is 16.6. The van der Waals surface area contributed by atoms with Crippen LogP contribution in [0, 0.1) is 0 Å². The van der Waals surface area contributed by atoms with Gasteiger partial charge in [0.25, 0.3) is 5.91 Å². The second kappa shape index (κ2) is 11.0. The fourth-order valence-corrected chi connectivity index (χ4v) is 4.60. The zero-order chi connectivity index (χ0) is 25.8. The van der Waals surface area contributed by atoms with Crippen molar-refractivity contribution in [2.24, 2.45) is 0 Å². The number of ether oxygens (including phenoxy) is 3. The second-order valence-corrected chi connectivity index (χ2v) is 8.81. The zero-order valence-electron chi connectivity index (χ0n) is 18.9. The molecule has 0 radical (unpaired) electrons. The largest absolute Gasteiger partial charge is 0.493 e. The molecule has 2 amide bonds. The van der Waals surface area contributed by atoms with Crippen molar-refractivity contribution in [1.82, 2.24) is 4.90 Å². The summed E-state index contributed by atoms with van der Waals surface area (Å²) >= 11 is 6.33. The van der Waals surface area contributed by atoms with Crippen LogP contribution in [-0.4, -0.2) is 48.9 Å². The molecule has 0 spiro atoms. The average molecular weight is 527 g/mol. The molecule has 1 N–H and O–H groups in total. The SMILES string of the molecule is COc1cc(C=C2SC(=S)N(CCC(=O)Nc3ccccc3C(F)(F)F)C2=O)cc(OC)c1OC. The Morgan fingerprint density at radius 2 is 1.74 bits per heavy atom. The third-order valence-electron chi connectivity index (χ3n) is 4.93. The minimum Gasteiger partial charge on any atom is -0.493 e. The van der Waals surface area contributed by atoms with Gasteiger partial charge in [0.2, 0.25) is 11.7 Å². The molecule has 0 aliphatic carbocycles. The molecule has 1 aliphatic rings. The molecule has 12 heteroatoms. The molecule has 0 unspecified atom stereocenters. The van der Waals surface area contributed by atoms with Crippen molar-refractivity contribution < 1.29 is 37.0 Å². The van der Waals surface area contributed by atoms with Crippen LogP contribution in [0.5, 0.6) is 17.2 Å². The number of nitrogens with zero attached hydrogens (tertiary/aromatic N) is 1. The molecule has 0 atom stereocenters. The number of carbonyl (C=O) groups is 2. The molecule has 2 aromatic rings. The average Bonchev–Trinajstić information content (AvgIpc) is 3.08. The first kappa shape index (κ1) is 26.4. The minimum atomic E-state index is -4.61. The molecule has 1 heterocycles. The number of hydrogen-bond acceptors (Lipinski definition) is 7. The van der Waals surface area contributed by atoms with E-state index in [0.717, 1.165) is 17.8 Å². The summed E-state index contributed by atoms with van der Waals surface area (Å²) in [4.78, 5) is 26.8. The predicted octanol–water partition coefficient (Wildman–Crippen LogP) is 4.96. The predicted molar refractivity (Wildman–Crippen MR) is 131 cm³/mol. The normalized spacial score (nSPS) is 14.9. The number of benzene rings is 2. The molecule has 2 aromatic carbocycles. The van der Waals surface area contributed by atoms with E-state index in [2.05, 4.69) is 5.32 Å². The van der Waals surface area contributed by atoms with E-state index in [-0.39, 0.29) is 23.0 Å². The maximum atomic E-state index is 13.1. The van der Waals surface area contributed by atoms with Crippen LogP contribution < -0.4 is 19.5 Å². The lowest BCUT2D eigenvalue weighted by molar-refractivity contribution is -0.137. The molecule has 186 valence electrons. The summed E-state index contributed by atoms with van der Waals surface area (Å²) in [6.07, 6.45) is -3.25. The van der Waals surface area contributed by atoms with Gasteiger partial charge in [0.05, 0.1) is 37.5 Å². The number of thioether (sulfide) groups is 1. The lowest BCUT2D eigenvalue weighted by atomic mass is 10.1. The highest BCUT2D eigenvalue weighted by atomic mass is 32.2. The van der Waals surface area contributed by atoms with Gasteiger partial charge < -0.3 is 19.5 Å². The summed E-state index contributed by atoms with van der Waals surface area (Å²) < 4.78 is 55.6. The van der Waals surface area contributed by atoms with Crippen LogP contribution in [0.2, 0.25) is 0 Å². The Balaban J connectivity index is 1.71. The Morgan fingerprint density at radius 1 is 1.11 bits per heavy atom. The fraction of sp³-hybridized carbons (Fsp3) is 0.261. The van der Waals surface area contributed by atoms with Crippen molar-refractivity contribution in [2.75, 3.05) is 33.2 Å². The minimum absolute atomic E-state index is 0.0860. The van der Waals surface area contributed by atoms with Gasteiger partial charge >= 0.3 is 6.18 Å². The summed E-state index contributed by atoms with van der Waals surface area (Å²) in [6, 6.07) is 8.00. The summed E-state index contributed by atoms with van der Waals surface area (Å²) in [5.74, 6) is 0.119. The first-order valence-corrected chi connectivity index (χ1v) is 11.3. The van der Waals surface area contributed by atoms with Gasteiger partial charge in [-0.2, -0.15) is 13.2 Å². The first-order valence-electron chi connectivity index (χ1n) is 10.1. The van der Waals surface area contributed by atoms with Crippen molar-refractivity contribution in [3.05, 3.63) is 52.4 Å². The van der Waals surface area contributed by atoms with Gasteiger partial charge in [-0.1, -0.05) is 36.1 Å². The molecule has 1 saturated heterocycles. The van der Waals surface area contributed by atoms with Crippen molar-refractivity contribution in [3.63, 3.8) is 0 Å². The number of para-hydroxylation sites is 1. The van der Waals surface area contributed by atoms with E-state index in [1.807, 2.05) is 0 Å². The number of halogens is 3. The summed E-state index contributed by atoms with van der Waals surface area (Å²) in [5.41, 5.74) is -0.702. The van der Waals surface area contributed by atoms with Crippen LogP contribution in [0.3, 0.4) is 0 Å². The number of thiocarbonyl (C=S) groups is 1. The van der Waals surface area contributed by atoms with Gasteiger partial charge in [-0.05, 0) is 35.9 Å². The summed E-state index contributed by atoms with van der Waals surface area (Å²) in [7, 11) is 4.42. The highest BCUT2D eigenvalue weighted by molar-refractivity contribution is 8.26. The van der Waals surface area contributed by atoms with Crippen LogP contribution in [-0.2, 0) is 15.8 Å². The van der Waals surface area contributed by atoms with Crippen LogP contribution >= 0.6 is 24.0 Å². The maximum Gasteiger partial charge on any atom is 0.418 e. The number of nitrogens with one attached hydrogen (secondary N) is 1. The quantitative estimate of drug-likeness (QED) is 0.385. The highest BCUT2D eigenvalue weighted by Gasteiger charge is 2.34. The van der Waals surface area contributed by atoms with E-state index >= 15 is 0 Å². The van der Waals surface area contributed by atoms with Gasteiger partial charge in [0.1, 0.15) is 4.32 Å². The van der Waals surface area contributed by atoms with Crippen molar-refractivity contribution in [1.29, 1.82) is 0 Å². The number of methoxy groups -OCH3 is 3. The van der Waals surface area contributed by atoms with Crippen molar-refractivity contribution >= 4 is 51.9 Å². The Morgan fingerprint density at radius 3 is 2.31 bits per heavy atom. The molecular weight excluding hydrogens is 505 g/mol. The number of carbonyl (C=O) groups excluding carboxylic acids is 2. The van der Waals surface area contributed by atoms with Crippen molar-refractivity contribution in [3.8, 4) is 17.2 Å². The van der Waals surface area contributed by atoms with Gasteiger partial charge in [-0.15, -0.1) is 0 Å². The Hall–Kier alpha value is -3.25. The summed E-state index contributed by atoms with van der Waals surface area (Å²) in [6.45, 7) is -0.0860. The number of anilines is 1. The molecule has 35 heavy (non-hydrogen) atoms. The number of amides is 2. The van der Waals surface area contributed by atoms with Crippen LogP contribution in [0.15, 0.2) is 41.3 Å². The van der Waals surface area contributed by atoms with E-state index in [9.17, 15) is 22.8 Å². The Kier molecular flexibility index (Phi) is 8.28. The molecule has 7 nitrogen and oxygen atoms in total. The van der Waals surface area contributed by atoms with Crippen molar-refractivity contribution in [2.45, 2.75) is 12.6 Å². The number of hydrogen-bond donors (Lipinski definition) is 1. The number of rotatable bonds is 8.